The highest BCUT2D eigenvalue weighted by atomic mass is 19.4. The Labute approximate surface area is 149 Å². The second-order valence-electron chi connectivity index (χ2n) is 6.10. The number of carbonyl (C=O) groups is 2. The zero-order valence-electron chi connectivity index (χ0n) is 14.8. The number of aryl methyl sites for hydroxylation is 1. The number of aliphatic hydroxyl groups is 1. The first-order chi connectivity index (χ1) is 11.8. The fourth-order valence-electron chi connectivity index (χ4n) is 1.28. The summed E-state index contributed by atoms with van der Waals surface area (Å²) in [6, 6.07) is 1.55. The summed E-state index contributed by atoms with van der Waals surface area (Å²) in [4.78, 5) is 22.2. The number of aliphatic hydroxyl groups excluding tert-OH is 1. The van der Waals surface area contributed by atoms with E-state index in [1.54, 1.807) is 26.1 Å². The number of halogens is 3. The standard InChI is InChI=1S/C12H17N3O4.C4H5F3/c1-12(2,8-16)14-11(19)9-3-5-15(13-7-9)6-4-10(17)18;1-3(2)4(5,6)7/h3,5,7,16H,4,6,8H2,1-2H3,(H-,14,17,18,19);1H2,2H3/p+1. The van der Waals surface area contributed by atoms with E-state index < -0.39 is 23.3 Å². The number of aliphatic carboxylic acids is 1. The minimum absolute atomic E-state index is 0.0270. The SMILES string of the molecule is C=C(C)C(F)(F)F.CC(C)(CO)NC(=O)c1cc[n+](CCC(=O)O)nc1. The maximum absolute atomic E-state index is 11.8. The van der Waals surface area contributed by atoms with Crippen molar-refractivity contribution in [3.8, 4) is 0 Å². The van der Waals surface area contributed by atoms with Crippen molar-refractivity contribution in [2.24, 2.45) is 0 Å². The van der Waals surface area contributed by atoms with Gasteiger partial charge in [-0.3, -0.25) is 9.59 Å². The van der Waals surface area contributed by atoms with Crippen LogP contribution in [0.25, 0.3) is 0 Å². The number of carboxylic acids is 1. The number of nitrogens with zero attached hydrogens (tertiary/aromatic N) is 2. The number of carbonyl (C=O) groups excluding carboxylic acids is 1. The number of rotatable bonds is 6. The van der Waals surface area contributed by atoms with Crippen LogP contribution in [-0.2, 0) is 11.3 Å². The summed E-state index contributed by atoms with van der Waals surface area (Å²) < 4.78 is 34.7. The second kappa shape index (κ2) is 9.85. The van der Waals surface area contributed by atoms with E-state index in [0.717, 1.165) is 6.92 Å². The molecule has 1 aromatic rings. The van der Waals surface area contributed by atoms with Gasteiger partial charge in [0.25, 0.3) is 5.91 Å². The van der Waals surface area contributed by atoms with Crippen LogP contribution in [-0.4, -0.2) is 45.5 Å². The third-order valence-electron chi connectivity index (χ3n) is 2.92. The van der Waals surface area contributed by atoms with E-state index in [-0.39, 0.29) is 25.5 Å². The van der Waals surface area contributed by atoms with E-state index in [2.05, 4.69) is 17.0 Å². The Bertz CT molecular complexity index is 629. The van der Waals surface area contributed by atoms with E-state index in [9.17, 15) is 22.8 Å². The van der Waals surface area contributed by atoms with Crippen LogP contribution in [0.3, 0.4) is 0 Å². The minimum atomic E-state index is -4.19. The van der Waals surface area contributed by atoms with Gasteiger partial charge in [-0.1, -0.05) is 11.3 Å². The van der Waals surface area contributed by atoms with Crippen molar-refractivity contribution >= 4 is 11.9 Å². The van der Waals surface area contributed by atoms with Gasteiger partial charge in [0, 0.05) is 11.6 Å². The highest BCUT2D eigenvalue weighted by molar-refractivity contribution is 5.94. The predicted octanol–water partition coefficient (Wildman–Crippen LogP) is 1.47. The molecule has 7 nitrogen and oxygen atoms in total. The largest absolute Gasteiger partial charge is 0.481 e. The first kappa shape index (κ1) is 23.5. The smallest absolute Gasteiger partial charge is 0.411 e. The normalized spacial score (nSPS) is 11.2. The molecule has 0 unspecified atom stereocenters. The molecule has 1 aromatic heterocycles. The second-order valence-corrected chi connectivity index (χ2v) is 6.10. The number of aromatic nitrogens is 2. The Morgan fingerprint density at radius 2 is 1.88 bits per heavy atom. The lowest BCUT2D eigenvalue weighted by atomic mass is 10.1. The molecular weight excluding hydrogens is 355 g/mol. The van der Waals surface area contributed by atoms with Crippen LogP contribution in [0.2, 0.25) is 0 Å². The molecule has 26 heavy (non-hydrogen) atoms. The molecule has 10 heteroatoms. The van der Waals surface area contributed by atoms with Crippen molar-refractivity contribution in [2.45, 2.75) is 45.5 Å². The molecule has 0 aliphatic rings. The zero-order chi connectivity index (χ0) is 20.5. The first-order valence-electron chi connectivity index (χ1n) is 7.52. The molecule has 1 amide bonds. The molecule has 146 valence electrons. The summed E-state index contributed by atoms with van der Waals surface area (Å²) in [5.41, 5.74) is -1.10. The van der Waals surface area contributed by atoms with Crippen molar-refractivity contribution < 1.29 is 37.7 Å². The van der Waals surface area contributed by atoms with Crippen molar-refractivity contribution in [1.82, 2.24) is 10.4 Å². The lowest BCUT2D eigenvalue weighted by Crippen LogP contribution is -2.46. The van der Waals surface area contributed by atoms with Crippen LogP contribution in [0.15, 0.2) is 30.6 Å². The van der Waals surface area contributed by atoms with Gasteiger partial charge in [-0.15, -0.1) is 0 Å². The fraction of sp³-hybridized carbons (Fsp3) is 0.500. The minimum Gasteiger partial charge on any atom is -0.481 e. The van der Waals surface area contributed by atoms with Gasteiger partial charge < -0.3 is 15.5 Å². The van der Waals surface area contributed by atoms with Gasteiger partial charge in [0.2, 0.25) is 0 Å². The van der Waals surface area contributed by atoms with Gasteiger partial charge in [0.05, 0.1) is 17.7 Å². The van der Waals surface area contributed by atoms with Crippen LogP contribution < -0.4 is 10.00 Å². The Balaban J connectivity index is 0.000000758. The van der Waals surface area contributed by atoms with E-state index in [4.69, 9.17) is 10.2 Å². The maximum atomic E-state index is 11.8. The molecule has 3 N–H and O–H groups in total. The molecule has 0 atom stereocenters. The van der Waals surface area contributed by atoms with E-state index in [0.29, 0.717) is 5.56 Å². The van der Waals surface area contributed by atoms with Crippen molar-refractivity contribution in [3.63, 3.8) is 0 Å². The maximum Gasteiger partial charge on any atom is 0.411 e. The summed E-state index contributed by atoms with van der Waals surface area (Å²) >= 11 is 0. The van der Waals surface area contributed by atoms with Gasteiger partial charge in [0.1, 0.15) is 12.6 Å². The Kier molecular flexibility index (Phi) is 8.91. The quantitative estimate of drug-likeness (QED) is 0.514. The van der Waals surface area contributed by atoms with E-state index >= 15 is 0 Å². The average Bonchev–Trinajstić information content (AvgIpc) is 2.52. The molecule has 0 aromatic carbocycles. The topological polar surface area (TPSA) is 103 Å². The molecule has 0 radical (unpaired) electrons. The van der Waals surface area contributed by atoms with Crippen LogP contribution in [0.5, 0.6) is 0 Å². The van der Waals surface area contributed by atoms with E-state index in [1.165, 1.54) is 10.9 Å². The molecule has 0 saturated carbocycles. The molecular formula is C16H23F3N3O4+. The summed E-state index contributed by atoms with van der Waals surface area (Å²) in [5, 5.41) is 24.2. The van der Waals surface area contributed by atoms with Gasteiger partial charge >= 0.3 is 12.1 Å². The lowest BCUT2D eigenvalue weighted by Gasteiger charge is -2.23. The number of carboxylic acid groups (broad SMARTS) is 1. The molecule has 1 rings (SSSR count). The van der Waals surface area contributed by atoms with Crippen molar-refractivity contribution in [2.75, 3.05) is 6.61 Å². The highest BCUT2D eigenvalue weighted by Gasteiger charge is 2.27. The molecule has 0 bridgehead atoms. The third-order valence-corrected chi connectivity index (χ3v) is 2.92. The molecule has 0 aliphatic carbocycles. The monoisotopic (exact) mass is 378 g/mol. The van der Waals surface area contributed by atoms with Crippen molar-refractivity contribution in [1.29, 1.82) is 0 Å². The zero-order valence-corrected chi connectivity index (χ0v) is 14.8. The van der Waals surface area contributed by atoms with Crippen LogP contribution in [0.4, 0.5) is 13.2 Å². The molecule has 0 fully saturated rings. The molecule has 0 spiro atoms. The Morgan fingerprint density at radius 3 is 2.23 bits per heavy atom. The van der Waals surface area contributed by atoms with Crippen LogP contribution >= 0.6 is 0 Å². The van der Waals surface area contributed by atoms with Crippen molar-refractivity contribution in [3.05, 3.63) is 36.2 Å². The summed E-state index contributed by atoms with van der Waals surface area (Å²) in [6.07, 6.45) is -1.31. The number of hydrogen-bond donors (Lipinski definition) is 3. The first-order valence-corrected chi connectivity index (χ1v) is 7.52. The summed E-state index contributed by atoms with van der Waals surface area (Å²) in [7, 11) is 0. The Hall–Kier alpha value is -2.49. The number of alkyl halides is 3. The average molecular weight is 378 g/mol. The number of allylic oxidation sites excluding steroid dienone is 1. The van der Waals surface area contributed by atoms with Crippen LogP contribution in [0, 0.1) is 0 Å². The molecule has 1 heterocycles. The molecule has 0 aliphatic heterocycles. The highest BCUT2D eigenvalue weighted by Crippen LogP contribution is 2.22. The van der Waals surface area contributed by atoms with Gasteiger partial charge in [-0.2, -0.15) is 13.2 Å². The number of amides is 1. The van der Waals surface area contributed by atoms with E-state index in [1.807, 2.05) is 0 Å². The number of hydrogen-bond acceptors (Lipinski definition) is 4. The van der Waals surface area contributed by atoms with Crippen LogP contribution in [0.1, 0.15) is 37.6 Å². The fourth-order valence-corrected chi connectivity index (χ4v) is 1.28. The third kappa shape index (κ3) is 9.72. The predicted molar refractivity (Wildman–Crippen MR) is 86.2 cm³/mol. The summed E-state index contributed by atoms with van der Waals surface area (Å²) in [5.74, 6) is -1.24. The summed E-state index contributed by atoms with van der Waals surface area (Å²) in [6.45, 7) is 7.12. The molecule has 0 saturated heterocycles. The lowest BCUT2D eigenvalue weighted by molar-refractivity contribution is -0.753. The number of nitrogens with one attached hydrogen (secondary N) is 1. The van der Waals surface area contributed by atoms with Gasteiger partial charge in [-0.05, 0) is 25.9 Å². The van der Waals surface area contributed by atoms with Gasteiger partial charge in [-0.25, -0.2) is 0 Å². The van der Waals surface area contributed by atoms with Gasteiger partial charge in [0.15, 0.2) is 12.7 Å². The Morgan fingerprint density at radius 1 is 1.35 bits per heavy atom.